The molecule has 0 saturated carbocycles. The van der Waals surface area contributed by atoms with E-state index in [4.69, 9.17) is 4.98 Å². The molecule has 2 aromatic heterocycles. The van der Waals surface area contributed by atoms with Gasteiger partial charge in [-0.1, -0.05) is 109 Å². The Kier molecular flexibility index (Phi) is 4.61. The van der Waals surface area contributed by atoms with Crippen molar-refractivity contribution >= 4 is 27.6 Å². The van der Waals surface area contributed by atoms with E-state index in [0.29, 0.717) is 33.3 Å². The first-order valence-corrected chi connectivity index (χ1v) is 15.1. The molecule has 0 aliphatic heterocycles. The molecule has 1 spiro atoms. The number of hydrogen-bond donors (Lipinski definition) is 0. The first kappa shape index (κ1) is 24.4. The lowest BCUT2D eigenvalue weighted by Gasteiger charge is -2.30. The Labute approximate surface area is 256 Å². The topological polar surface area (TPSA) is 56.4 Å². The van der Waals surface area contributed by atoms with E-state index in [1.165, 1.54) is 27.8 Å². The zero-order valence-corrected chi connectivity index (χ0v) is 23.9. The number of aromatic nitrogens is 3. The van der Waals surface area contributed by atoms with Crippen LogP contribution in [0, 0.1) is 0 Å². The largest absolute Gasteiger partial charge is 0.268 e. The molecule has 6 aromatic carbocycles. The van der Waals surface area contributed by atoms with Gasteiger partial charge in [0.25, 0.3) is 11.1 Å². The van der Waals surface area contributed by atoms with Crippen LogP contribution in [-0.2, 0) is 5.41 Å². The highest BCUT2D eigenvalue weighted by Gasteiger charge is 2.52. The number of nitrogens with zero attached hydrogens (tertiary/aromatic N) is 3. The standard InChI is InChI=1S/C40H23N3O2/c44-37-27-15-4-9-21-33(27)41-39-42(37)34-22-10-5-16-28(34)38(45)43(39)35-23-11-20-32-36(35)26-14-3-8-19-31(26)40(32)29-17-6-1-12-24(29)25-13-2-7-18-30(25)40/h1-23H. The Balaban J connectivity index is 1.42. The lowest BCUT2D eigenvalue weighted by Crippen LogP contribution is -2.29. The minimum absolute atomic E-state index is 0.205. The average Bonchev–Trinajstić information content (AvgIpc) is 3.56. The van der Waals surface area contributed by atoms with Gasteiger partial charge in [0.2, 0.25) is 5.78 Å². The lowest BCUT2D eigenvalue weighted by molar-refractivity contribution is 0.792. The summed E-state index contributed by atoms with van der Waals surface area (Å²) in [6.07, 6.45) is 0. The Morgan fingerprint density at radius 1 is 0.489 bits per heavy atom. The van der Waals surface area contributed by atoms with Gasteiger partial charge in [-0.25, -0.2) is 14.0 Å². The molecule has 0 amide bonds. The van der Waals surface area contributed by atoms with E-state index >= 15 is 0 Å². The Morgan fingerprint density at radius 3 is 1.78 bits per heavy atom. The maximum absolute atomic E-state index is 14.6. The minimum atomic E-state index is -0.553. The van der Waals surface area contributed by atoms with Crippen molar-refractivity contribution in [3.63, 3.8) is 0 Å². The number of fused-ring (bicyclic) bond motifs is 14. The molecule has 10 rings (SSSR count). The van der Waals surface area contributed by atoms with E-state index in [9.17, 15) is 9.59 Å². The Morgan fingerprint density at radius 2 is 1.04 bits per heavy atom. The lowest BCUT2D eigenvalue weighted by atomic mass is 9.70. The number of hydrogen-bond acceptors (Lipinski definition) is 3. The molecule has 0 saturated heterocycles. The van der Waals surface area contributed by atoms with Crippen LogP contribution in [0.1, 0.15) is 22.3 Å². The van der Waals surface area contributed by atoms with Crippen molar-refractivity contribution in [2.45, 2.75) is 5.41 Å². The van der Waals surface area contributed by atoms with Gasteiger partial charge in [-0.05, 0) is 69.3 Å². The summed E-state index contributed by atoms with van der Waals surface area (Å²) in [5.41, 5.74) is 10.0. The summed E-state index contributed by atoms with van der Waals surface area (Å²) >= 11 is 0. The molecule has 2 aliphatic carbocycles. The molecule has 0 unspecified atom stereocenters. The Bertz CT molecular complexity index is 2670. The fourth-order valence-electron chi connectivity index (χ4n) is 8.08. The zero-order chi connectivity index (χ0) is 29.9. The molecule has 5 nitrogen and oxygen atoms in total. The predicted molar refractivity (Wildman–Crippen MR) is 178 cm³/mol. The van der Waals surface area contributed by atoms with Crippen LogP contribution in [-0.4, -0.2) is 14.0 Å². The van der Waals surface area contributed by atoms with E-state index in [-0.39, 0.29) is 11.1 Å². The third kappa shape index (κ3) is 2.86. The SMILES string of the molecule is O=c1c2ccccc2n2c(=O)c3ccccc3nc2n1-c1cccc2c1-c1ccccc1C21c2ccccc2-c2ccccc21. The van der Waals surface area contributed by atoms with E-state index in [0.717, 1.165) is 16.7 Å². The van der Waals surface area contributed by atoms with Crippen LogP contribution >= 0.6 is 0 Å². The second-order valence-corrected chi connectivity index (χ2v) is 11.8. The van der Waals surface area contributed by atoms with Crippen molar-refractivity contribution in [2.24, 2.45) is 0 Å². The normalized spacial score (nSPS) is 13.7. The molecule has 2 aliphatic rings. The van der Waals surface area contributed by atoms with Crippen LogP contribution < -0.4 is 11.1 Å². The zero-order valence-electron chi connectivity index (χ0n) is 23.9. The van der Waals surface area contributed by atoms with Gasteiger partial charge in [0.05, 0.1) is 32.9 Å². The quantitative estimate of drug-likeness (QED) is 0.150. The molecule has 5 heteroatoms. The van der Waals surface area contributed by atoms with Crippen molar-refractivity contribution in [3.8, 4) is 27.9 Å². The molecule has 210 valence electrons. The second-order valence-electron chi connectivity index (χ2n) is 11.8. The predicted octanol–water partition coefficient (Wildman–Crippen LogP) is 7.50. The third-order valence-corrected chi connectivity index (χ3v) is 9.78. The highest BCUT2D eigenvalue weighted by Crippen LogP contribution is 2.63. The van der Waals surface area contributed by atoms with Crippen molar-refractivity contribution in [2.75, 3.05) is 0 Å². The summed E-state index contributed by atoms with van der Waals surface area (Å²) in [4.78, 5) is 33.7. The monoisotopic (exact) mass is 577 g/mol. The summed E-state index contributed by atoms with van der Waals surface area (Å²) < 4.78 is 3.24. The minimum Gasteiger partial charge on any atom is -0.268 e. The van der Waals surface area contributed by atoms with Gasteiger partial charge in [-0.3, -0.25) is 9.59 Å². The van der Waals surface area contributed by atoms with Crippen LogP contribution in [0.3, 0.4) is 0 Å². The van der Waals surface area contributed by atoms with E-state index in [1.54, 1.807) is 21.1 Å². The highest BCUT2D eigenvalue weighted by atomic mass is 16.1. The summed E-state index contributed by atoms with van der Waals surface area (Å²) in [7, 11) is 0. The molecule has 0 radical (unpaired) electrons. The summed E-state index contributed by atoms with van der Waals surface area (Å²) in [6.45, 7) is 0. The molecular weight excluding hydrogens is 554 g/mol. The molecule has 2 heterocycles. The van der Waals surface area contributed by atoms with Crippen molar-refractivity contribution in [3.05, 3.63) is 182 Å². The third-order valence-electron chi connectivity index (χ3n) is 9.78. The first-order valence-electron chi connectivity index (χ1n) is 15.1. The Hall–Kier alpha value is -6.07. The van der Waals surface area contributed by atoms with E-state index in [2.05, 4.69) is 78.9 Å². The van der Waals surface area contributed by atoms with Gasteiger partial charge in [0.1, 0.15) is 0 Å². The second kappa shape index (κ2) is 8.52. The maximum atomic E-state index is 14.6. The highest BCUT2D eigenvalue weighted by molar-refractivity contribution is 5.98. The molecule has 0 bridgehead atoms. The maximum Gasteiger partial charge on any atom is 0.267 e. The number of para-hydroxylation sites is 2. The van der Waals surface area contributed by atoms with Gasteiger partial charge in [-0.15, -0.1) is 0 Å². The van der Waals surface area contributed by atoms with Gasteiger partial charge in [-0.2, -0.15) is 0 Å². The van der Waals surface area contributed by atoms with Gasteiger partial charge in [0, 0.05) is 5.56 Å². The fourth-order valence-corrected chi connectivity index (χ4v) is 8.08. The van der Waals surface area contributed by atoms with Gasteiger partial charge < -0.3 is 0 Å². The molecule has 0 atom stereocenters. The first-order chi connectivity index (χ1) is 22.2. The van der Waals surface area contributed by atoms with Crippen molar-refractivity contribution < 1.29 is 0 Å². The van der Waals surface area contributed by atoms with Crippen molar-refractivity contribution in [1.29, 1.82) is 0 Å². The van der Waals surface area contributed by atoms with Gasteiger partial charge in [0.15, 0.2) is 0 Å². The molecular formula is C40H23N3O2. The van der Waals surface area contributed by atoms with Crippen molar-refractivity contribution in [1.82, 2.24) is 14.0 Å². The molecule has 8 aromatic rings. The van der Waals surface area contributed by atoms with Crippen LogP contribution in [0.15, 0.2) is 149 Å². The number of benzene rings is 6. The van der Waals surface area contributed by atoms with E-state index in [1.807, 2.05) is 48.5 Å². The average molecular weight is 578 g/mol. The van der Waals surface area contributed by atoms with Crippen LogP contribution in [0.25, 0.3) is 55.5 Å². The number of rotatable bonds is 1. The smallest absolute Gasteiger partial charge is 0.267 e. The fraction of sp³-hybridized carbons (Fsp3) is 0.0250. The molecule has 45 heavy (non-hydrogen) atoms. The summed E-state index contributed by atoms with van der Waals surface area (Å²) in [5, 5.41) is 0.964. The van der Waals surface area contributed by atoms with Crippen LogP contribution in [0.4, 0.5) is 0 Å². The van der Waals surface area contributed by atoms with Gasteiger partial charge >= 0.3 is 0 Å². The van der Waals surface area contributed by atoms with Crippen LogP contribution in [0.2, 0.25) is 0 Å². The molecule has 0 N–H and O–H groups in total. The van der Waals surface area contributed by atoms with Crippen LogP contribution in [0.5, 0.6) is 0 Å². The summed E-state index contributed by atoms with van der Waals surface area (Å²) in [5.74, 6) is 0.293. The summed E-state index contributed by atoms with van der Waals surface area (Å²) in [6, 6.07) is 46.6. The van der Waals surface area contributed by atoms with E-state index < -0.39 is 5.41 Å². The molecule has 0 fully saturated rings.